The lowest BCUT2D eigenvalue weighted by molar-refractivity contribution is -0.147. The van der Waals surface area contributed by atoms with E-state index in [1.165, 1.54) is 0 Å². The van der Waals surface area contributed by atoms with Crippen molar-refractivity contribution in [1.82, 2.24) is 0 Å². The maximum atomic E-state index is 10.7. The van der Waals surface area contributed by atoms with Crippen LogP contribution in [0.2, 0.25) is 0 Å². The van der Waals surface area contributed by atoms with Gasteiger partial charge in [0.1, 0.15) is 0 Å². The minimum atomic E-state index is -1.49. The van der Waals surface area contributed by atoms with Crippen LogP contribution in [0.4, 0.5) is 5.69 Å². The molecule has 1 rings (SSSR count). The number of nitrogens with one attached hydrogen (secondary N) is 1. The maximum Gasteiger partial charge on any atom is 0.394 e. The van der Waals surface area contributed by atoms with Gasteiger partial charge in [0.15, 0.2) is 0 Å². The molecule has 4 nitrogen and oxygen atoms in total. The summed E-state index contributed by atoms with van der Waals surface area (Å²) in [6, 6.07) is 6.83. The second-order valence-corrected chi connectivity index (χ2v) is 3.51. The van der Waals surface area contributed by atoms with Crippen LogP contribution in [0.25, 0.3) is 0 Å². The van der Waals surface area contributed by atoms with Crippen molar-refractivity contribution in [3.63, 3.8) is 0 Å². The summed E-state index contributed by atoms with van der Waals surface area (Å²) < 4.78 is 1.02. The molecular weight excluding hydrogens is 285 g/mol. The smallest absolute Gasteiger partial charge is 0.394 e. The molecular formula is C8H6INO3. The van der Waals surface area contributed by atoms with E-state index in [1.807, 2.05) is 0 Å². The van der Waals surface area contributed by atoms with Gasteiger partial charge in [-0.3, -0.25) is 4.79 Å². The first-order valence-corrected chi connectivity index (χ1v) is 4.47. The summed E-state index contributed by atoms with van der Waals surface area (Å²) in [7, 11) is 0. The number of benzene rings is 1. The number of carbonyl (C=O) groups is 2. The molecule has 0 atom stereocenters. The first-order chi connectivity index (χ1) is 6.09. The summed E-state index contributed by atoms with van der Waals surface area (Å²) >= 11 is 2.11. The van der Waals surface area contributed by atoms with Crippen molar-refractivity contribution in [3.05, 3.63) is 27.8 Å². The Labute approximate surface area is 88.1 Å². The summed E-state index contributed by atoms with van der Waals surface area (Å²) in [6.07, 6.45) is 0. The van der Waals surface area contributed by atoms with Crippen LogP contribution in [0.15, 0.2) is 24.3 Å². The largest absolute Gasteiger partial charge is 0.474 e. The zero-order valence-corrected chi connectivity index (χ0v) is 8.61. The normalized spacial score (nSPS) is 9.31. The van der Waals surface area contributed by atoms with Gasteiger partial charge in [0.25, 0.3) is 0 Å². The zero-order valence-electron chi connectivity index (χ0n) is 6.45. The SMILES string of the molecule is O=C(O)C(=O)Nc1ccc(I)cc1. The number of carboxylic acids is 1. The van der Waals surface area contributed by atoms with Gasteiger partial charge in [-0.25, -0.2) is 4.79 Å². The van der Waals surface area contributed by atoms with E-state index in [-0.39, 0.29) is 0 Å². The maximum absolute atomic E-state index is 10.7. The number of halogens is 1. The Hall–Kier alpha value is -1.11. The van der Waals surface area contributed by atoms with Crippen LogP contribution < -0.4 is 5.32 Å². The second-order valence-electron chi connectivity index (χ2n) is 2.27. The molecule has 0 unspecified atom stereocenters. The van der Waals surface area contributed by atoms with Crippen molar-refractivity contribution in [1.29, 1.82) is 0 Å². The molecule has 0 radical (unpaired) electrons. The summed E-state index contributed by atoms with van der Waals surface area (Å²) in [5.74, 6) is -2.51. The van der Waals surface area contributed by atoms with Gasteiger partial charge in [0, 0.05) is 9.26 Å². The Kier molecular flexibility index (Phi) is 3.24. The van der Waals surface area contributed by atoms with E-state index in [4.69, 9.17) is 5.11 Å². The van der Waals surface area contributed by atoms with Crippen LogP contribution in [0.3, 0.4) is 0 Å². The van der Waals surface area contributed by atoms with Gasteiger partial charge in [0.05, 0.1) is 0 Å². The molecule has 0 bridgehead atoms. The molecule has 0 aliphatic carbocycles. The van der Waals surface area contributed by atoms with Gasteiger partial charge >= 0.3 is 11.9 Å². The van der Waals surface area contributed by atoms with Crippen LogP contribution in [0.1, 0.15) is 0 Å². The standard InChI is InChI=1S/C8H6INO3/c9-5-1-3-6(4-2-5)10-7(11)8(12)13/h1-4H,(H,10,11)(H,12,13). The fraction of sp³-hybridized carbons (Fsp3) is 0. The molecule has 0 heterocycles. The molecule has 0 saturated carbocycles. The summed E-state index contributed by atoms with van der Waals surface area (Å²) in [4.78, 5) is 20.8. The third kappa shape index (κ3) is 3.02. The van der Waals surface area contributed by atoms with E-state index in [0.29, 0.717) is 5.69 Å². The van der Waals surface area contributed by atoms with Crippen LogP contribution in [-0.4, -0.2) is 17.0 Å². The Balaban J connectivity index is 2.70. The molecule has 1 aromatic rings. The highest BCUT2D eigenvalue weighted by Gasteiger charge is 2.10. The van der Waals surface area contributed by atoms with Crippen molar-refractivity contribution >= 4 is 40.2 Å². The highest BCUT2D eigenvalue weighted by Crippen LogP contribution is 2.10. The Morgan fingerprint density at radius 3 is 2.23 bits per heavy atom. The summed E-state index contributed by atoms with van der Waals surface area (Å²) in [5, 5.41) is 10.5. The molecule has 0 fully saturated rings. The number of amides is 1. The molecule has 5 heteroatoms. The van der Waals surface area contributed by atoms with Crippen LogP contribution in [0.5, 0.6) is 0 Å². The lowest BCUT2D eigenvalue weighted by Gasteiger charge is -2.00. The minimum Gasteiger partial charge on any atom is -0.474 e. The van der Waals surface area contributed by atoms with Gasteiger partial charge in [-0.1, -0.05) is 0 Å². The monoisotopic (exact) mass is 291 g/mol. The first kappa shape index (κ1) is 9.97. The van der Waals surface area contributed by atoms with E-state index >= 15 is 0 Å². The average molecular weight is 291 g/mol. The third-order valence-electron chi connectivity index (χ3n) is 1.30. The number of carbonyl (C=O) groups excluding carboxylic acids is 1. The predicted molar refractivity (Wildman–Crippen MR) is 55.4 cm³/mol. The lowest BCUT2D eigenvalue weighted by Crippen LogP contribution is -2.21. The van der Waals surface area contributed by atoms with Crippen molar-refractivity contribution in [3.8, 4) is 0 Å². The van der Waals surface area contributed by atoms with Crippen LogP contribution in [-0.2, 0) is 9.59 Å². The van der Waals surface area contributed by atoms with Crippen LogP contribution in [0, 0.1) is 3.57 Å². The Morgan fingerprint density at radius 1 is 1.23 bits per heavy atom. The second kappa shape index (κ2) is 4.22. The average Bonchev–Trinajstić information content (AvgIpc) is 2.08. The number of aliphatic carboxylic acids is 1. The highest BCUT2D eigenvalue weighted by molar-refractivity contribution is 14.1. The van der Waals surface area contributed by atoms with Gasteiger partial charge in [0.2, 0.25) is 0 Å². The molecule has 0 aliphatic rings. The number of hydrogen-bond acceptors (Lipinski definition) is 2. The fourth-order valence-corrected chi connectivity index (χ4v) is 1.08. The predicted octanol–water partition coefficient (Wildman–Crippen LogP) is 1.31. The Bertz CT molecular complexity index is 334. The molecule has 2 N–H and O–H groups in total. The number of hydrogen-bond donors (Lipinski definition) is 2. The number of carboxylic acid groups (broad SMARTS) is 1. The van der Waals surface area contributed by atoms with E-state index in [2.05, 4.69) is 27.9 Å². The van der Waals surface area contributed by atoms with E-state index in [9.17, 15) is 9.59 Å². The molecule has 68 valence electrons. The summed E-state index contributed by atoms with van der Waals surface area (Å²) in [5.41, 5.74) is 0.479. The van der Waals surface area contributed by atoms with E-state index in [1.54, 1.807) is 24.3 Å². The molecule has 1 aromatic carbocycles. The quantitative estimate of drug-likeness (QED) is 0.605. The Morgan fingerprint density at radius 2 is 1.77 bits per heavy atom. The fourth-order valence-electron chi connectivity index (χ4n) is 0.718. The molecule has 0 aliphatic heterocycles. The number of rotatable bonds is 1. The van der Waals surface area contributed by atoms with Crippen molar-refractivity contribution in [2.75, 3.05) is 5.32 Å². The molecule has 13 heavy (non-hydrogen) atoms. The van der Waals surface area contributed by atoms with Gasteiger partial charge in [-0.15, -0.1) is 0 Å². The van der Waals surface area contributed by atoms with E-state index in [0.717, 1.165) is 3.57 Å². The first-order valence-electron chi connectivity index (χ1n) is 3.39. The molecule has 1 amide bonds. The number of anilines is 1. The third-order valence-corrected chi connectivity index (χ3v) is 2.02. The molecule has 0 spiro atoms. The molecule has 0 aromatic heterocycles. The van der Waals surface area contributed by atoms with E-state index < -0.39 is 11.9 Å². The van der Waals surface area contributed by atoms with Crippen molar-refractivity contribution in [2.24, 2.45) is 0 Å². The minimum absolute atomic E-state index is 0.479. The topological polar surface area (TPSA) is 66.4 Å². The highest BCUT2D eigenvalue weighted by atomic mass is 127. The van der Waals surface area contributed by atoms with Crippen LogP contribution >= 0.6 is 22.6 Å². The van der Waals surface area contributed by atoms with Crippen molar-refractivity contribution < 1.29 is 14.7 Å². The van der Waals surface area contributed by atoms with Gasteiger partial charge < -0.3 is 10.4 Å². The lowest BCUT2D eigenvalue weighted by atomic mass is 10.3. The van der Waals surface area contributed by atoms with Gasteiger partial charge in [-0.2, -0.15) is 0 Å². The summed E-state index contributed by atoms with van der Waals surface area (Å²) in [6.45, 7) is 0. The van der Waals surface area contributed by atoms with Crippen molar-refractivity contribution in [2.45, 2.75) is 0 Å². The zero-order chi connectivity index (χ0) is 9.84. The van der Waals surface area contributed by atoms with Gasteiger partial charge in [-0.05, 0) is 46.9 Å². The molecule has 0 saturated heterocycles.